The highest BCUT2D eigenvalue weighted by molar-refractivity contribution is 6.08. The summed E-state index contributed by atoms with van der Waals surface area (Å²) in [6.45, 7) is -0.509. The lowest BCUT2D eigenvalue weighted by Gasteiger charge is -2.13. The third-order valence-electron chi connectivity index (χ3n) is 1.61. The van der Waals surface area contributed by atoms with E-state index in [9.17, 15) is 19.2 Å². The molecule has 6 heteroatoms. The van der Waals surface area contributed by atoms with E-state index < -0.39 is 17.7 Å². The first-order chi connectivity index (χ1) is 6.15. The fourth-order valence-electron chi connectivity index (χ4n) is 0.982. The van der Waals surface area contributed by atoms with Gasteiger partial charge in [-0.15, -0.1) is 0 Å². The van der Waals surface area contributed by atoms with E-state index in [1.165, 1.54) is 0 Å². The molecule has 0 aliphatic carbocycles. The normalized spacial score (nSPS) is 18.2. The Labute approximate surface area is 73.9 Å². The van der Waals surface area contributed by atoms with Gasteiger partial charge in [-0.1, -0.05) is 0 Å². The lowest BCUT2D eigenvalue weighted by Crippen LogP contribution is -2.39. The predicted molar refractivity (Wildman–Crippen MR) is 40.4 cm³/mol. The quantitative estimate of drug-likeness (QED) is 0.307. The van der Waals surface area contributed by atoms with Gasteiger partial charge in [-0.2, -0.15) is 0 Å². The van der Waals surface area contributed by atoms with Gasteiger partial charge in [-0.3, -0.25) is 19.3 Å². The Morgan fingerprint density at radius 1 is 1.31 bits per heavy atom. The molecule has 70 valence electrons. The minimum Gasteiger partial charge on any atom is -0.347 e. The number of imide groups is 1. The summed E-state index contributed by atoms with van der Waals surface area (Å²) in [5, 5.41) is 2.25. The Morgan fingerprint density at radius 2 is 2.00 bits per heavy atom. The Bertz CT molecular complexity index is 274. The second-order valence-electron chi connectivity index (χ2n) is 2.52. The van der Waals surface area contributed by atoms with Crippen molar-refractivity contribution in [2.75, 3.05) is 13.1 Å². The number of amides is 3. The third kappa shape index (κ3) is 2.11. The van der Waals surface area contributed by atoms with Gasteiger partial charge >= 0.3 is 0 Å². The van der Waals surface area contributed by atoms with Crippen LogP contribution in [0.3, 0.4) is 0 Å². The number of nitrogens with one attached hydrogen (secondary N) is 1. The highest BCUT2D eigenvalue weighted by atomic mass is 16.2. The molecule has 0 saturated carbocycles. The number of rotatable bonds is 2. The first kappa shape index (κ1) is 9.37. The van der Waals surface area contributed by atoms with Crippen LogP contribution in [0.15, 0.2) is 0 Å². The molecule has 0 atom stereocenters. The zero-order valence-corrected chi connectivity index (χ0v) is 6.78. The van der Waals surface area contributed by atoms with Crippen LogP contribution in [0.4, 0.5) is 0 Å². The summed E-state index contributed by atoms with van der Waals surface area (Å²) >= 11 is 0. The Morgan fingerprint density at radius 3 is 2.62 bits per heavy atom. The van der Waals surface area contributed by atoms with Gasteiger partial charge in [-0.25, -0.2) is 0 Å². The summed E-state index contributed by atoms with van der Waals surface area (Å²) in [5.74, 6) is -1.68. The largest absolute Gasteiger partial charge is 0.347 e. The molecule has 1 aliphatic rings. The number of carbonyl (C=O) groups is 4. The van der Waals surface area contributed by atoms with Crippen molar-refractivity contribution in [3.63, 3.8) is 0 Å². The fourth-order valence-corrected chi connectivity index (χ4v) is 0.982. The van der Waals surface area contributed by atoms with Crippen LogP contribution < -0.4 is 5.32 Å². The van der Waals surface area contributed by atoms with Crippen molar-refractivity contribution in [1.29, 1.82) is 0 Å². The average Bonchev–Trinajstić information content (AvgIpc) is 2.19. The Kier molecular flexibility index (Phi) is 2.73. The van der Waals surface area contributed by atoms with Gasteiger partial charge in [0.2, 0.25) is 17.7 Å². The van der Waals surface area contributed by atoms with Crippen molar-refractivity contribution in [3.8, 4) is 0 Å². The molecule has 6 nitrogen and oxygen atoms in total. The molecular weight excluding hydrogens is 176 g/mol. The van der Waals surface area contributed by atoms with E-state index in [0.29, 0.717) is 6.29 Å². The molecule has 1 heterocycles. The first-order valence-electron chi connectivity index (χ1n) is 3.68. The number of aldehydes is 1. The topological polar surface area (TPSA) is 83.6 Å². The van der Waals surface area contributed by atoms with E-state index in [4.69, 9.17) is 0 Å². The molecule has 0 spiro atoms. The van der Waals surface area contributed by atoms with Gasteiger partial charge in [0.1, 0.15) is 12.7 Å². The van der Waals surface area contributed by atoms with E-state index >= 15 is 0 Å². The molecule has 0 aromatic heterocycles. The van der Waals surface area contributed by atoms with Gasteiger partial charge in [-0.05, 0) is 0 Å². The highest BCUT2D eigenvalue weighted by Gasteiger charge is 2.26. The molecule has 1 rings (SSSR count). The molecule has 1 N–H and O–H groups in total. The smallest absolute Gasteiger partial charge is 0.248 e. The molecule has 1 aliphatic heterocycles. The second kappa shape index (κ2) is 3.79. The number of nitrogens with zero attached hydrogens (tertiary/aromatic N) is 1. The van der Waals surface area contributed by atoms with Gasteiger partial charge in [0.05, 0.1) is 13.1 Å². The zero-order valence-electron chi connectivity index (χ0n) is 6.78. The van der Waals surface area contributed by atoms with Crippen molar-refractivity contribution in [2.24, 2.45) is 0 Å². The number of hydrogen-bond acceptors (Lipinski definition) is 4. The molecule has 0 aromatic rings. The minimum atomic E-state index is -0.632. The van der Waals surface area contributed by atoms with E-state index in [0.717, 1.165) is 4.90 Å². The van der Waals surface area contributed by atoms with Crippen LogP contribution in [0, 0.1) is 0 Å². The predicted octanol–water partition coefficient (Wildman–Crippen LogP) is -1.94. The summed E-state index contributed by atoms with van der Waals surface area (Å²) in [6, 6.07) is 0. The zero-order chi connectivity index (χ0) is 9.84. The maximum absolute atomic E-state index is 11.1. The van der Waals surface area contributed by atoms with Crippen molar-refractivity contribution in [1.82, 2.24) is 10.2 Å². The van der Waals surface area contributed by atoms with E-state index in [1.807, 2.05) is 0 Å². The van der Waals surface area contributed by atoms with Gasteiger partial charge in [0.25, 0.3) is 0 Å². The summed E-state index contributed by atoms with van der Waals surface area (Å²) in [4.78, 5) is 43.9. The van der Waals surface area contributed by atoms with Crippen LogP contribution in [0.1, 0.15) is 6.42 Å². The van der Waals surface area contributed by atoms with Crippen molar-refractivity contribution in [3.05, 3.63) is 0 Å². The van der Waals surface area contributed by atoms with Crippen molar-refractivity contribution in [2.45, 2.75) is 6.42 Å². The number of carbonyl (C=O) groups excluding carboxylic acids is 4. The van der Waals surface area contributed by atoms with Crippen LogP contribution in [0.25, 0.3) is 0 Å². The molecule has 0 unspecified atom stereocenters. The van der Waals surface area contributed by atoms with E-state index in [-0.39, 0.29) is 19.5 Å². The van der Waals surface area contributed by atoms with Gasteiger partial charge < -0.3 is 10.1 Å². The monoisotopic (exact) mass is 184 g/mol. The van der Waals surface area contributed by atoms with Crippen molar-refractivity contribution >= 4 is 24.0 Å². The average molecular weight is 184 g/mol. The molecule has 0 bridgehead atoms. The van der Waals surface area contributed by atoms with E-state index in [1.54, 1.807) is 0 Å². The third-order valence-corrected chi connectivity index (χ3v) is 1.61. The lowest BCUT2D eigenvalue weighted by molar-refractivity contribution is -0.144. The molecular formula is C7H8N2O4. The molecule has 1 fully saturated rings. The molecule has 1 saturated heterocycles. The molecule has 0 aromatic carbocycles. The highest BCUT2D eigenvalue weighted by Crippen LogP contribution is 1.98. The van der Waals surface area contributed by atoms with Crippen LogP contribution in [-0.4, -0.2) is 42.0 Å². The molecule has 0 radical (unpaired) electrons. The van der Waals surface area contributed by atoms with Crippen molar-refractivity contribution < 1.29 is 19.2 Å². The maximum Gasteiger partial charge on any atom is 0.248 e. The Balaban J connectivity index is 2.78. The minimum absolute atomic E-state index is 0.224. The van der Waals surface area contributed by atoms with Gasteiger partial charge in [0, 0.05) is 0 Å². The SMILES string of the molecule is O=CCN1C(=O)CNC(=O)CC1=O. The summed E-state index contributed by atoms with van der Waals surface area (Å²) in [5.41, 5.74) is 0. The molecule has 13 heavy (non-hydrogen) atoms. The summed E-state index contributed by atoms with van der Waals surface area (Å²) in [6.07, 6.45) is 0.0746. The van der Waals surface area contributed by atoms with Crippen LogP contribution in [0.2, 0.25) is 0 Å². The van der Waals surface area contributed by atoms with Crippen LogP contribution in [-0.2, 0) is 19.2 Å². The van der Waals surface area contributed by atoms with Gasteiger partial charge in [0.15, 0.2) is 0 Å². The lowest BCUT2D eigenvalue weighted by atomic mass is 10.3. The second-order valence-corrected chi connectivity index (χ2v) is 2.52. The van der Waals surface area contributed by atoms with Crippen LogP contribution in [0.5, 0.6) is 0 Å². The Hall–Kier alpha value is -1.72. The number of hydrogen-bond donors (Lipinski definition) is 1. The maximum atomic E-state index is 11.1. The summed E-state index contributed by atoms with van der Waals surface area (Å²) < 4.78 is 0. The standard InChI is InChI=1S/C7H8N2O4/c10-2-1-9-6(12)3-5(11)8-4-7(9)13/h2H,1,3-4H2,(H,8,11). The first-order valence-corrected chi connectivity index (χ1v) is 3.68. The summed E-state index contributed by atoms with van der Waals surface area (Å²) in [7, 11) is 0. The van der Waals surface area contributed by atoms with E-state index in [2.05, 4.69) is 5.32 Å². The fraction of sp³-hybridized carbons (Fsp3) is 0.429. The van der Waals surface area contributed by atoms with Crippen LogP contribution >= 0.6 is 0 Å². The molecule has 3 amide bonds.